The van der Waals surface area contributed by atoms with Crippen LogP contribution < -0.4 is 16.7 Å². The van der Waals surface area contributed by atoms with Gasteiger partial charge in [-0.2, -0.15) is 18.3 Å². The van der Waals surface area contributed by atoms with Gasteiger partial charge in [0.2, 0.25) is 0 Å². The average Bonchev–Trinajstić information content (AvgIpc) is 3.00. The Morgan fingerprint density at radius 2 is 1.83 bits per heavy atom. The van der Waals surface area contributed by atoms with E-state index in [2.05, 4.69) is 15.6 Å². The molecule has 0 aliphatic carbocycles. The van der Waals surface area contributed by atoms with Gasteiger partial charge in [-0.05, 0) is 56.3 Å². The molecule has 2 aromatic carbocycles. The number of amides is 1. The van der Waals surface area contributed by atoms with Gasteiger partial charge in [-0.15, -0.1) is 0 Å². The highest BCUT2D eigenvalue weighted by atomic mass is 19.4. The van der Waals surface area contributed by atoms with Crippen molar-refractivity contribution in [1.82, 2.24) is 15.2 Å². The smallest absolute Gasteiger partial charge is 0.399 e. The SMILES string of the molecule is C/C(=N\NC(=O)c1ccc(N)cc1)c1c(C)[nH]n(-c2cccc(C(F)(F)F)c2)c1=O. The monoisotopic (exact) mass is 417 g/mol. The molecule has 0 aliphatic heterocycles. The molecule has 1 amide bonds. The fraction of sp³-hybridized carbons (Fsp3) is 0.150. The lowest BCUT2D eigenvalue weighted by molar-refractivity contribution is -0.137. The number of halogens is 3. The first kappa shape index (κ1) is 20.9. The third-order valence-corrected chi connectivity index (χ3v) is 4.36. The standard InChI is InChI=1S/C20H18F3N5O2/c1-11(25-26-18(29)13-6-8-15(24)9-7-13)17-12(2)27-28(19(17)30)16-5-3-4-14(10-16)20(21,22)23/h3-10,27H,24H2,1-2H3,(H,26,29)/b25-11+. The number of H-pyrrole nitrogens is 1. The second kappa shape index (κ2) is 7.90. The topological polar surface area (TPSA) is 105 Å². The molecule has 0 radical (unpaired) electrons. The molecule has 0 bridgehead atoms. The number of nitrogens with zero attached hydrogens (tertiary/aromatic N) is 2. The fourth-order valence-electron chi connectivity index (χ4n) is 2.87. The molecule has 156 valence electrons. The van der Waals surface area contributed by atoms with Crippen LogP contribution in [0.1, 0.15) is 34.1 Å². The predicted octanol–water partition coefficient (Wildman–Crippen LogP) is 3.23. The van der Waals surface area contributed by atoms with Crippen LogP contribution in [0.25, 0.3) is 5.69 Å². The van der Waals surface area contributed by atoms with Gasteiger partial charge in [0, 0.05) is 16.9 Å². The number of hydrogen-bond donors (Lipinski definition) is 3. The Bertz CT molecular complexity index is 1170. The minimum absolute atomic E-state index is 0.0304. The Hall–Kier alpha value is -3.82. The molecule has 1 heterocycles. The highest BCUT2D eigenvalue weighted by Gasteiger charge is 2.30. The van der Waals surface area contributed by atoms with Gasteiger partial charge < -0.3 is 5.73 Å². The number of alkyl halides is 3. The van der Waals surface area contributed by atoms with E-state index in [-0.39, 0.29) is 17.0 Å². The van der Waals surface area contributed by atoms with Crippen LogP contribution in [-0.4, -0.2) is 21.4 Å². The third-order valence-electron chi connectivity index (χ3n) is 4.36. The lowest BCUT2D eigenvalue weighted by Gasteiger charge is -2.08. The molecule has 7 nitrogen and oxygen atoms in total. The van der Waals surface area contributed by atoms with Crippen LogP contribution in [0.2, 0.25) is 0 Å². The fourth-order valence-corrected chi connectivity index (χ4v) is 2.87. The molecular weight excluding hydrogens is 399 g/mol. The molecule has 0 fully saturated rings. The Kier molecular flexibility index (Phi) is 5.50. The molecule has 0 atom stereocenters. The number of carbonyl (C=O) groups excluding carboxylic acids is 1. The van der Waals surface area contributed by atoms with Crippen molar-refractivity contribution in [3.05, 3.63) is 81.3 Å². The minimum Gasteiger partial charge on any atom is -0.399 e. The summed E-state index contributed by atoms with van der Waals surface area (Å²) in [6.45, 7) is 3.10. The highest BCUT2D eigenvalue weighted by Crippen LogP contribution is 2.30. The summed E-state index contributed by atoms with van der Waals surface area (Å²) in [7, 11) is 0. The van der Waals surface area contributed by atoms with E-state index in [1.165, 1.54) is 31.2 Å². The number of hydrazone groups is 1. The number of hydrogen-bond acceptors (Lipinski definition) is 4. The molecular formula is C20H18F3N5O2. The quantitative estimate of drug-likeness (QED) is 0.345. The second-order valence-corrected chi connectivity index (χ2v) is 6.56. The number of anilines is 1. The molecule has 4 N–H and O–H groups in total. The summed E-state index contributed by atoms with van der Waals surface area (Å²) in [5.41, 5.74) is 8.06. The van der Waals surface area contributed by atoms with Crippen molar-refractivity contribution < 1.29 is 18.0 Å². The van der Waals surface area contributed by atoms with Crippen LogP contribution >= 0.6 is 0 Å². The van der Waals surface area contributed by atoms with Gasteiger partial charge >= 0.3 is 6.18 Å². The Balaban J connectivity index is 1.90. The number of aryl methyl sites for hydroxylation is 1. The van der Waals surface area contributed by atoms with E-state index in [1.54, 1.807) is 19.1 Å². The molecule has 10 heteroatoms. The number of aromatic nitrogens is 2. The van der Waals surface area contributed by atoms with E-state index in [9.17, 15) is 22.8 Å². The van der Waals surface area contributed by atoms with E-state index in [0.29, 0.717) is 16.9 Å². The summed E-state index contributed by atoms with van der Waals surface area (Å²) in [4.78, 5) is 25.0. The van der Waals surface area contributed by atoms with E-state index < -0.39 is 23.2 Å². The van der Waals surface area contributed by atoms with Crippen LogP contribution in [0.4, 0.5) is 18.9 Å². The molecule has 0 saturated heterocycles. The molecule has 1 aromatic heterocycles. The maximum absolute atomic E-state index is 13.0. The zero-order valence-electron chi connectivity index (χ0n) is 16.0. The van der Waals surface area contributed by atoms with E-state index in [4.69, 9.17) is 5.73 Å². The molecule has 3 rings (SSSR count). The zero-order valence-corrected chi connectivity index (χ0v) is 16.0. The van der Waals surface area contributed by atoms with Crippen molar-refractivity contribution in [2.75, 3.05) is 5.73 Å². The van der Waals surface area contributed by atoms with Crippen molar-refractivity contribution in [3.63, 3.8) is 0 Å². The number of carbonyl (C=O) groups is 1. The van der Waals surface area contributed by atoms with Gasteiger partial charge in [0.25, 0.3) is 11.5 Å². The number of nitrogen functional groups attached to an aromatic ring is 1. The predicted molar refractivity (Wildman–Crippen MR) is 107 cm³/mol. The maximum Gasteiger partial charge on any atom is 0.416 e. The second-order valence-electron chi connectivity index (χ2n) is 6.56. The van der Waals surface area contributed by atoms with E-state index in [0.717, 1.165) is 16.8 Å². The van der Waals surface area contributed by atoms with Gasteiger partial charge in [0.05, 0.1) is 22.5 Å². The largest absolute Gasteiger partial charge is 0.416 e. The molecule has 0 spiro atoms. The minimum atomic E-state index is -4.53. The van der Waals surface area contributed by atoms with Gasteiger partial charge in [0.15, 0.2) is 0 Å². The Morgan fingerprint density at radius 3 is 2.47 bits per heavy atom. The number of nitrogens with two attached hydrogens (primary N) is 1. The summed E-state index contributed by atoms with van der Waals surface area (Å²) < 4.78 is 39.9. The van der Waals surface area contributed by atoms with Crippen LogP contribution in [-0.2, 0) is 6.18 Å². The van der Waals surface area contributed by atoms with Crippen molar-refractivity contribution in [1.29, 1.82) is 0 Å². The highest BCUT2D eigenvalue weighted by molar-refractivity contribution is 6.01. The van der Waals surface area contributed by atoms with Gasteiger partial charge in [-0.1, -0.05) is 6.07 Å². The number of aromatic amines is 1. The average molecular weight is 417 g/mol. The van der Waals surface area contributed by atoms with Gasteiger partial charge in [0.1, 0.15) is 0 Å². The van der Waals surface area contributed by atoms with Crippen molar-refractivity contribution in [3.8, 4) is 5.69 Å². The van der Waals surface area contributed by atoms with Crippen molar-refractivity contribution in [2.45, 2.75) is 20.0 Å². The molecule has 0 aliphatic rings. The summed E-state index contributed by atoms with van der Waals surface area (Å²) >= 11 is 0. The zero-order chi connectivity index (χ0) is 22.1. The molecule has 3 aromatic rings. The normalized spacial score (nSPS) is 12.1. The van der Waals surface area contributed by atoms with E-state index in [1.807, 2.05) is 0 Å². The van der Waals surface area contributed by atoms with Crippen molar-refractivity contribution >= 4 is 17.3 Å². The summed E-state index contributed by atoms with van der Waals surface area (Å²) in [6, 6.07) is 10.6. The van der Waals surface area contributed by atoms with Crippen LogP contribution in [0.3, 0.4) is 0 Å². The lowest BCUT2D eigenvalue weighted by Crippen LogP contribution is -2.23. The Morgan fingerprint density at radius 1 is 1.17 bits per heavy atom. The number of nitrogens with one attached hydrogen (secondary N) is 2. The first-order valence-corrected chi connectivity index (χ1v) is 8.77. The molecule has 30 heavy (non-hydrogen) atoms. The van der Waals surface area contributed by atoms with Crippen LogP contribution in [0.5, 0.6) is 0 Å². The van der Waals surface area contributed by atoms with E-state index >= 15 is 0 Å². The van der Waals surface area contributed by atoms with Gasteiger partial charge in [-0.25, -0.2) is 10.1 Å². The van der Waals surface area contributed by atoms with Gasteiger partial charge in [-0.3, -0.25) is 14.7 Å². The first-order valence-electron chi connectivity index (χ1n) is 8.77. The third kappa shape index (κ3) is 4.27. The maximum atomic E-state index is 13.0. The molecule has 0 unspecified atom stereocenters. The summed E-state index contributed by atoms with van der Waals surface area (Å²) in [6.07, 6.45) is -4.53. The van der Waals surface area contributed by atoms with Crippen LogP contribution in [0, 0.1) is 6.92 Å². The summed E-state index contributed by atoms with van der Waals surface area (Å²) in [5.74, 6) is -0.499. The Labute approximate surface area is 169 Å². The van der Waals surface area contributed by atoms with Crippen LogP contribution in [0.15, 0.2) is 58.4 Å². The molecule has 0 saturated carbocycles. The number of rotatable bonds is 4. The summed E-state index contributed by atoms with van der Waals surface area (Å²) in [5, 5.41) is 6.69. The number of benzene rings is 2. The lowest BCUT2D eigenvalue weighted by atomic mass is 10.1. The van der Waals surface area contributed by atoms with Crippen molar-refractivity contribution in [2.24, 2.45) is 5.10 Å². The first-order chi connectivity index (χ1) is 14.1.